The Hall–Kier alpha value is -2.44. The summed E-state index contributed by atoms with van der Waals surface area (Å²) in [6.07, 6.45) is 2.69. The van der Waals surface area contributed by atoms with E-state index in [-0.39, 0.29) is 17.7 Å². The predicted octanol–water partition coefficient (Wildman–Crippen LogP) is 1.22. The van der Waals surface area contributed by atoms with Crippen LogP contribution >= 0.6 is 0 Å². The quantitative estimate of drug-likeness (QED) is 0.829. The summed E-state index contributed by atoms with van der Waals surface area (Å²) in [4.78, 5) is 24.8. The summed E-state index contributed by atoms with van der Waals surface area (Å²) in [6, 6.07) is 5.03. The molecule has 21 heavy (non-hydrogen) atoms. The van der Waals surface area contributed by atoms with E-state index in [0.717, 1.165) is 19.3 Å². The van der Waals surface area contributed by atoms with Crippen LogP contribution in [0, 0.1) is 5.92 Å². The largest absolute Gasteiger partial charge is 0.273 e. The average molecular weight is 286 g/mol. The summed E-state index contributed by atoms with van der Waals surface area (Å²) in [5.41, 5.74) is 1.65. The Kier molecular flexibility index (Phi) is 2.66. The third kappa shape index (κ3) is 2.05. The SMILES string of the molecule is O=C(c1ccc2nonc2c1)N1CCCN1C(=O)C1CC1. The van der Waals surface area contributed by atoms with E-state index in [1.807, 2.05) is 0 Å². The molecule has 7 nitrogen and oxygen atoms in total. The third-order valence-corrected chi connectivity index (χ3v) is 3.95. The van der Waals surface area contributed by atoms with Crippen LogP contribution in [0.4, 0.5) is 0 Å². The summed E-state index contributed by atoms with van der Waals surface area (Å²) >= 11 is 0. The minimum Gasteiger partial charge on any atom is -0.273 e. The fourth-order valence-corrected chi connectivity index (χ4v) is 2.66. The number of fused-ring (bicyclic) bond motifs is 1. The van der Waals surface area contributed by atoms with E-state index in [9.17, 15) is 9.59 Å². The first-order valence-corrected chi connectivity index (χ1v) is 7.09. The van der Waals surface area contributed by atoms with Crippen LogP contribution in [0.25, 0.3) is 11.0 Å². The number of aromatic nitrogens is 2. The summed E-state index contributed by atoms with van der Waals surface area (Å²) in [6.45, 7) is 1.20. The van der Waals surface area contributed by atoms with Crippen molar-refractivity contribution in [2.45, 2.75) is 19.3 Å². The topological polar surface area (TPSA) is 79.5 Å². The van der Waals surface area contributed by atoms with Gasteiger partial charge in [0.1, 0.15) is 11.0 Å². The lowest BCUT2D eigenvalue weighted by molar-refractivity contribution is -0.141. The molecular formula is C14H14N4O3. The van der Waals surface area contributed by atoms with Crippen molar-refractivity contribution in [3.8, 4) is 0 Å². The molecule has 1 aromatic carbocycles. The first kappa shape index (κ1) is 12.3. The molecule has 1 aliphatic carbocycles. The average Bonchev–Trinajstić information content (AvgIpc) is 3.06. The number of hydrazine groups is 1. The smallest absolute Gasteiger partial charge is 0.272 e. The molecule has 2 heterocycles. The van der Waals surface area contributed by atoms with Crippen molar-refractivity contribution in [3.05, 3.63) is 23.8 Å². The molecular weight excluding hydrogens is 272 g/mol. The zero-order chi connectivity index (χ0) is 14.4. The monoisotopic (exact) mass is 286 g/mol. The Balaban J connectivity index is 1.61. The van der Waals surface area contributed by atoms with E-state index in [2.05, 4.69) is 14.9 Å². The van der Waals surface area contributed by atoms with Gasteiger partial charge in [-0.15, -0.1) is 0 Å². The van der Waals surface area contributed by atoms with Crippen LogP contribution in [-0.2, 0) is 4.79 Å². The Morgan fingerprint density at radius 3 is 2.67 bits per heavy atom. The molecule has 2 amide bonds. The van der Waals surface area contributed by atoms with Crippen LogP contribution in [0.15, 0.2) is 22.8 Å². The van der Waals surface area contributed by atoms with Crippen LogP contribution in [0.5, 0.6) is 0 Å². The molecule has 0 spiro atoms. The second kappa shape index (κ2) is 4.54. The minimum atomic E-state index is -0.175. The first-order valence-electron chi connectivity index (χ1n) is 7.09. The number of carbonyl (C=O) groups is 2. The lowest BCUT2D eigenvalue weighted by Crippen LogP contribution is -2.45. The van der Waals surface area contributed by atoms with Crippen LogP contribution < -0.4 is 0 Å². The van der Waals surface area contributed by atoms with Gasteiger partial charge in [0, 0.05) is 24.6 Å². The number of rotatable bonds is 2. The lowest BCUT2D eigenvalue weighted by Gasteiger charge is -2.28. The maximum Gasteiger partial charge on any atom is 0.272 e. The number of hydrogen-bond acceptors (Lipinski definition) is 5. The number of nitrogens with zero attached hydrogens (tertiary/aromatic N) is 4. The van der Waals surface area contributed by atoms with E-state index in [0.29, 0.717) is 29.7 Å². The van der Waals surface area contributed by atoms with Gasteiger partial charge in [0.2, 0.25) is 5.91 Å². The van der Waals surface area contributed by atoms with Gasteiger partial charge in [-0.3, -0.25) is 14.6 Å². The molecule has 1 aliphatic heterocycles. The van der Waals surface area contributed by atoms with Crippen molar-refractivity contribution in [1.82, 2.24) is 20.3 Å². The third-order valence-electron chi connectivity index (χ3n) is 3.95. The molecule has 7 heteroatoms. The molecule has 0 N–H and O–H groups in total. The van der Waals surface area contributed by atoms with Gasteiger partial charge in [0.05, 0.1) is 0 Å². The standard InChI is InChI=1S/C14H14N4O3/c19-13(9-2-3-9)17-6-1-7-18(17)14(20)10-4-5-11-12(8-10)16-21-15-11/h4-5,8-9H,1-3,6-7H2. The van der Waals surface area contributed by atoms with Gasteiger partial charge < -0.3 is 0 Å². The molecule has 2 aromatic rings. The summed E-state index contributed by atoms with van der Waals surface area (Å²) in [5.74, 6) is 0.0112. The number of amides is 2. The summed E-state index contributed by atoms with van der Waals surface area (Å²) in [7, 11) is 0. The normalized spacial score (nSPS) is 18.5. The molecule has 0 unspecified atom stereocenters. The predicted molar refractivity (Wildman–Crippen MR) is 71.9 cm³/mol. The molecule has 1 saturated heterocycles. The highest BCUT2D eigenvalue weighted by Gasteiger charge is 2.39. The van der Waals surface area contributed by atoms with Crippen LogP contribution in [0.1, 0.15) is 29.6 Å². The summed E-state index contributed by atoms with van der Waals surface area (Å²) in [5, 5.41) is 10.6. The lowest BCUT2D eigenvalue weighted by atomic mass is 10.2. The van der Waals surface area contributed by atoms with Gasteiger partial charge in [0.15, 0.2) is 0 Å². The van der Waals surface area contributed by atoms with Crippen molar-refractivity contribution >= 4 is 22.8 Å². The Labute approximate surface area is 120 Å². The second-order valence-corrected chi connectivity index (χ2v) is 5.49. The molecule has 4 rings (SSSR count). The van der Waals surface area contributed by atoms with Crippen LogP contribution in [0.2, 0.25) is 0 Å². The maximum atomic E-state index is 12.6. The van der Waals surface area contributed by atoms with Crippen molar-refractivity contribution in [3.63, 3.8) is 0 Å². The Morgan fingerprint density at radius 1 is 1.10 bits per heavy atom. The molecule has 108 valence electrons. The molecule has 2 fully saturated rings. The zero-order valence-electron chi connectivity index (χ0n) is 11.4. The Bertz CT molecular complexity index is 722. The van der Waals surface area contributed by atoms with Crippen LogP contribution in [0.3, 0.4) is 0 Å². The second-order valence-electron chi connectivity index (χ2n) is 5.49. The van der Waals surface area contributed by atoms with E-state index >= 15 is 0 Å². The van der Waals surface area contributed by atoms with Crippen molar-refractivity contribution in [2.75, 3.05) is 13.1 Å². The highest BCUT2D eigenvalue weighted by Crippen LogP contribution is 2.33. The highest BCUT2D eigenvalue weighted by molar-refractivity contribution is 5.98. The van der Waals surface area contributed by atoms with E-state index in [1.54, 1.807) is 28.2 Å². The fourth-order valence-electron chi connectivity index (χ4n) is 2.66. The highest BCUT2D eigenvalue weighted by atomic mass is 16.6. The molecule has 0 atom stereocenters. The van der Waals surface area contributed by atoms with Gasteiger partial charge in [-0.05, 0) is 47.8 Å². The summed E-state index contributed by atoms with van der Waals surface area (Å²) < 4.78 is 4.63. The van der Waals surface area contributed by atoms with Crippen LogP contribution in [-0.4, -0.2) is 45.2 Å². The Morgan fingerprint density at radius 2 is 1.86 bits per heavy atom. The van der Waals surface area contributed by atoms with Crippen molar-refractivity contribution in [2.24, 2.45) is 5.92 Å². The molecule has 2 aliphatic rings. The maximum absolute atomic E-state index is 12.6. The van der Waals surface area contributed by atoms with Crippen molar-refractivity contribution < 1.29 is 14.2 Å². The van der Waals surface area contributed by atoms with E-state index in [1.165, 1.54) is 0 Å². The molecule has 0 radical (unpaired) electrons. The van der Waals surface area contributed by atoms with Gasteiger partial charge in [-0.2, -0.15) is 0 Å². The number of carbonyl (C=O) groups excluding carboxylic acids is 2. The van der Waals surface area contributed by atoms with E-state index in [4.69, 9.17) is 0 Å². The van der Waals surface area contributed by atoms with Gasteiger partial charge >= 0.3 is 0 Å². The molecule has 1 aromatic heterocycles. The van der Waals surface area contributed by atoms with Gasteiger partial charge in [0.25, 0.3) is 5.91 Å². The van der Waals surface area contributed by atoms with Gasteiger partial charge in [-0.1, -0.05) is 0 Å². The van der Waals surface area contributed by atoms with E-state index < -0.39 is 0 Å². The fraction of sp³-hybridized carbons (Fsp3) is 0.429. The minimum absolute atomic E-state index is 0.0741. The molecule has 1 saturated carbocycles. The number of benzene rings is 1. The van der Waals surface area contributed by atoms with Crippen molar-refractivity contribution in [1.29, 1.82) is 0 Å². The zero-order valence-corrected chi connectivity index (χ0v) is 11.4. The van der Waals surface area contributed by atoms with Gasteiger partial charge in [-0.25, -0.2) is 9.64 Å². The molecule has 0 bridgehead atoms. The number of hydrogen-bond donors (Lipinski definition) is 0. The first-order chi connectivity index (χ1) is 10.2.